The molecule has 1 aliphatic heterocycles. The number of sulfone groups is 1. The van der Waals surface area contributed by atoms with Gasteiger partial charge in [0, 0.05) is 0 Å². The lowest BCUT2D eigenvalue weighted by Gasteiger charge is -2.29. The second kappa shape index (κ2) is 8.39. The topological polar surface area (TPSA) is 104 Å². The number of aryl methyl sites for hydroxylation is 1. The molecule has 0 bridgehead atoms. The molecular formula is C19H25BN4O5S. The van der Waals surface area contributed by atoms with E-state index in [9.17, 15) is 8.42 Å². The first-order valence-corrected chi connectivity index (χ1v) is 11.6. The molecular weight excluding hydrogens is 407 g/mol. The van der Waals surface area contributed by atoms with Crippen LogP contribution in [0.1, 0.15) is 31.4 Å². The number of aromatic nitrogens is 3. The highest BCUT2D eigenvalue weighted by molar-refractivity contribution is 7.92. The molecule has 1 saturated heterocycles. The standard InChI is InChI=1S/C19H25BN4O5S/c1-12-15(5-6-16(23-12)30(25,26)14-3-4-14)29-19-17(27-2)18(21-11-22-19)28-13-7-9-24(20)10-8-13/h5-6,11,13-14H,3-4,7-10,20H2,1-2H3. The molecule has 1 aliphatic carbocycles. The van der Waals surface area contributed by atoms with Crippen LogP contribution in [0.15, 0.2) is 23.5 Å². The fourth-order valence-corrected chi connectivity index (χ4v) is 5.00. The van der Waals surface area contributed by atoms with Crippen LogP contribution in [0.2, 0.25) is 0 Å². The van der Waals surface area contributed by atoms with E-state index in [0.717, 1.165) is 25.9 Å². The summed E-state index contributed by atoms with van der Waals surface area (Å²) in [5, 5.41) is -0.229. The molecule has 0 atom stereocenters. The normalized spacial score (nSPS) is 18.2. The second-order valence-electron chi connectivity index (χ2n) is 7.72. The van der Waals surface area contributed by atoms with Gasteiger partial charge in [-0.3, -0.25) is 0 Å². The molecule has 30 heavy (non-hydrogen) atoms. The SMILES string of the molecule is BN1CCC(Oc2ncnc(Oc3ccc(S(=O)(=O)C4CC4)nc3C)c2OC)CC1. The lowest BCUT2D eigenvalue weighted by Crippen LogP contribution is -2.36. The molecule has 0 aromatic carbocycles. The summed E-state index contributed by atoms with van der Waals surface area (Å²) in [6, 6.07) is 3.07. The minimum Gasteiger partial charge on any atom is -0.487 e. The predicted molar refractivity (Wildman–Crippen MR) is 112 cm³/mol. The van der Waals surface area contributed by atoms with Gasteiger partial charge in [0.2, 0.25) is 5.75 Å². The summed E-state index contributed by atoms with van der Waals surface area (Å²) >= 11 is 0. The molecule has 160 valence electrons. The fraction of sp³-hybridized carbons (Fsp3) is 0.526. The fourth-order valence-electron chi connectivity index (χ4n) is 3.38. The summed E-state index contributed by atoms with van der Waals surface area (Å²) < 4.78 is 42.2. The number of nitrogens with zero attached hydrogens (tertiary/aromatic N) is 4. The van der Waals surface area contributed by atoms with Gasteiger partial charge >= 0.3 is 0 Å². The van der Waals surface area contributed by atoms with Gasteiger partial charge in [-0.1, -0.05) is 0 Å². The third-order valence-electron chi connectivity index (χ3n) is 5.36. The second-order valence-corrected chi connectivity index (χ2v) is 9.89. The summed E-state index contributed by atoms with van der Waals surface area (Å²) in [6.07, 6.45) is 4.60. The van der Waals surface area contributed by atoms with Crippen LogP contribution in [0.25, 0.3) is 0 Å². The average Bonchev–Trinajstić information content (AvgIpc) is 3.57. The molecule has 1 saturated carbocycles. The first-order chi connectivity index (χ1) is 14.4. The van der Waals surface area contributed by atoms with Crippen LogP contribution in [-0.4, -0.2) is 67.7 Å². The van der Waals surface area contributed by atoms with Crippen LogP contribution in [0, 0.1) is 6.92 Å². The third-order valence-corrected chi connectivity index (χ3v) is 7.52. The van der Waals surface area contributed by atoms with Crippen molar-refractivity contribution in [3.8, 4) is 23.3 Å². The minimum atomic E-state index is -3.36. The lowest BCUT2D eigenvalue weighted by molar-refractivity contribution is 0.125. The molecule has 2 aromatic rings. The zero-order valence-electron chi connectivity index (χ0n) is 17.4. The summed E-state index contributed by atoms with van der Waals surface area (Å²) in [4.78, 5) is 14.9. The Bertz CT molecular complexity index is 1020. The van der Waals surface area contributed by atoms with Gasteiger partial charge < -0.3 is 19.0 Å². The number of pyridine rings is 1. The van der Waals surface area contributed by atoms with Gasteiger partial charge in [0.15, 0.2) is 28.6 Å². The quantitative estimate of drug-likeness (QED) is 0.599. The van der Waals surface area contributed by atoms with Crippen molar-refractivity contribution in [2.24, 2.45) is 0 Å². The Balaban J connectivity index is 1.54. The first kappa shape index (κ1) is 20.9. The van der Waals surface area contributed by atoms with Crippen molar-refractivity contribution in [1.29, 1.82) is 0 Å². The van der Waals surface area contributed by atoms with Crippen molar-refractivity contribution in [1.82, 2.24) is 19.8 Å². The Morgan fingerprint density at radius 1 is 1.10 bits per heavy atom. The highest BCUT2D eigenvalue weighted by atomic mass is 32.2. The molecule has 0 N–H and O–H groups in total. The maximum absolute atomic E-state index is 12.4. The van der Waals surface area contributed by atoms with Crippen LogP contribution in [0.3, 0.4) is 0 Å². The number of rotatable bonds is 7. The highest BCUT2D eigenvalue weighted by Gasteiger charge is 2.38. The zero-order valence-corrected chi connectivity index (χ0v) is 18.2. The molecule has 0 radical (unpaired) electrons. The average molecular weight is 432 g/mol. The van der Waals surface area contributed by atoms with Gasteiger partial charge in [-0.2, -0.15) is 9.97 Å². The highest BCUT2D eigenvalue weighted by Crippen LogP contribution is 2.38. The largest absolute Gasteiger partial charge is 0.487 e. The maximum atomic E-state index is 12.4. The predicted octanol–water partition coefficient (Wildman–Crippen LogP) is 1.31. The van der Waals surface area contributed by atoms with Gasteiger partial charge in [0.05, 0.1) is 18.1 Å². The summed E-state index contributed by atoms with van der Waals surface area (Å²) in [5.74, 6) is 1.21. The van der Waals surface area contributed by atoms with Crippen molar-refractivity contribution < 1.29 is 22.6 Å². The van der Waals surface area contributed by atoms with E-state index in [1.807, 2.05) is 0 Å². The Hall–Kier alpha value is -2.40. The van der Waals surface area contributed by atoms with Crippen molar-refractivity contribution >= 4 is 17.8 Å². The number of hydrogen-bond donors (Lipinski definition) is 0. The maximum Gasteiger partial charge on any atom is 0.269 e. The Morgan fingerprint density at radius 2 is 1.80 bits per heavy atom. The number of piperidine rings is 1. The number of hydrogen-bond acceptors (Lipinski definition) is 9. The molecule has 0 unspecified atom stereocenters. The molecule has 2 aliphatic rings. The van der Waals surface area contributed by atoms with Crippen LogP contribution < -0.4 is 14.2 Å². The van der Waals surface area contributed by atoms with Crippen LogP contribution in [-0.2, 0) is 9.84 Å². The van der Waals surface area contributed by atoms with Gasteiger partial charge in [0.25, 0.3) is 11.8 Å². The van der Waals surface area contributed by atoms with Gasteiger partial charge in [-0.25, -0.2) is 13.4 Å². The number of methoxy groups -OCH3 is 1. The van der Waals surface area contributed by atoms with Crippen LogP contribution in [0.4, 0.5) is 0 Å². The zero-order chi connectivity index (χ0) is 21.3. The molecule has 4 rings (SSSR count). The molecule has 2 aromatic heterocycles. The monoisotopic (exact) mass is 432 g/mol. The van der Waals surface area contributed by atoms with E-state index in [1.165, 1.54) is 19.5 Å². The minimum absolute atomic E-state index is 0.0492. The van der Waals surface area contributed by atoms with Crippen molar-refractivity contribution in [3.05, 3.63) is 24.2 Å². The summed E-state index contributed by atoms with van der Waals surface area (Å²) in [5.41, 5.74) is 0.454. The molecule has 11 heteroatoms. The third kappa shape index (κ3) is 4.36. The van der Waals surface area contributed by atoms with Crippen molar-refractivity contribution in [2.75, 3.05) is 20.2 Å². The lowest BCUT2D eigenvalue weighted by atomic mass is 10.1. The van der Waals surface area contributed by atoms with Crippen LogP contribution in [0.5, 0.6) is 23.3 Å². The van der Waals surface area contributed by atoms with Gasteiger partial charge in [-0.05, 0) is 57.8 Å². The first-order valence-electron chi connectivity index (χ1n) is 10.0. The van der Waals surface area contributed by atoms with E-state index in [2.05, 4.69) is 27.7 Å². The molecule has 2 fully saturated rings. The van der Waals surface area contributed by atoms with E-state index in [0.29, 0.717) is 35.9 Å². The Morgan fingerprint density at radius 3 is 2.43 bits per heavy atom. The van der Waals surface area contributed by atoms with Crippen LogP contribution >= 0.6 is 0 Å². The van der Waals surface area contributed by atoms with E-state index in [-0.39, 0.29) is 22.3 Å². The molecule has 0 amide bonds. The Kier molecular flexibility index (Phi) is 5.83. The molecule has 3 heterocycles. The molecule has 9 nitrogen and oxygen atoms in total. The summed E-state index contributed by atoms with van der Waals surface area (Å²) in [7, 11) is 0.233. The van der Waals surface area contributed by atoms with Gasteiger partial charge in [0.1, 0.15) is 12.4 Å². The Labute approximate surface area is 177 Å². The summed E-state index contributed by atoms with van der Waals surface area (Å²) in [6.45, 7) is 3.62. The van der Waals surface area contributed by atoms with E-state index in [4.69, 9.17) is 14.2 Å². The molecule has 0 spiro atoms. The van der Waals surface area contributed by atoms with Crippen molar-refractivity contribution in [2.45, 2.75) is 49.0 Å². The van der Waals surface area contributed by atoms with E-state index >= 15 is 0 Å². The van der Waals surface area contributed by atoms with E-state index in [1.54, 1.807) is 13.0 Å². The smallest absolute Gasteiger partial charge is 0.269 e. The van der Waals surface area contributed by atoms with Gasteiger partial charge in [-0.15, -0.1) is 0 Å². The number of ether oxygens (including phenoxy) is 3. The van der Waals surface area contributed by atoms with Crippen molar-refractivity contribution in [3.63, 3.8) is 0 Å². The van der Waals surface area contributed by atoms with E-state index < -0.39 is 9.84 Å².